The number of nitrogens with zero attached hydrogens (tertiary/aromatic N) is 3. The number of nitrogens with one attached hydrogen (secondary N) is 1. The van der Waals surface area contributed by atoms with Crippen LogP contribution in [-0.4, -0.2) is 29.0 Å². The standard InChI is InChI=1S/C22H24N4O2/c1-4-26(17-11-7-6-8-12-17)22(27)19-15-21(24-16(3)23-19)25-18-13-9-10-14-20(18)28-5-2/h6-15H,4-5H2,1-3H3,(H,23,24,25). The summed E-state index contributed by atoms with van der Waals surface area (Å²) in [4.78, 5) is 23.6. The van der Waals surface area contributed by atoms with E-state index >= 15 is 0 Å². The molecule has 0 saturated carbocycles. The highest BCUT2D eigenvalue weighted by atomic mass is 16.5. The fourth-order valence-electron chi connectivity index (χ4n) is 2.92. The average molecular weight is 376 g/mol. The van der Waals surface area contributed by atoms with Gasteiger partial charge in [0.25, 0.3) is 5.91 Å². The van der Waals surface area contributed by atoms with Crippen molar-refractivity contribution in [2.24, 2.45) is 0 Å². The monoisotopic (exact) mass is 376 g/mol. The third-order valence-electron chi connectivity index (χ3n) is 4.14. The summed E-state index contributed by atoms with van der Waals surface area (Å²) in [6.07, 6.45) is 0. The third-order valence-corrected chi connectivity index (χ3v) is 4.14. The first-order chi connectivity index (χ1) is 13.6. The highest BCUT2D eigenvalue weighted by Crippen LogP contribution is 2.27. The zero-order valence-electron chi connectivity index (χ0n) is 16.3. The van der Waals surface area contributed by atoms with Crippen molar-refractivity contribution in [3.63, 3.8) is 0 Å². The van der Waals surface area contributed by atoms with Crippen LogP contribution in [0.4, 0.5) is 17.2 Å². The van der Waals surface area contributed by atoms with Gasteiger partial charge in [-0.15, -0.1) is 0 Å². The Morgan fingerprint density at radius 1 is 1.04 bits per heavy atom. The van der Waals surface area contributed by atoms with Crippen molar-refractivity contribution >= 4 is 23.1 Å². The van der Waals surface area contributed by atoms with Crippen LogP contribution in [0.5, 0.6) is 5.75 Å². The number of para-hydroxylation sites is 3. The summed E-state index contributed by atoms with van der Waals surface area (Å²) < 4.78 is 5.65. The number of hydrogen-bond acceptors (Lipinski definition) is 5. The molecule has 0 radical (unpaired) electrons. The van der Waals surface area contributed by atoms with Crippen LogP contribution in [0.1, 0.15) is 30.2 Å². The molecule has 3 rings (SSSR count). The van der Waals surface area contributed by atoms with Crippen LogP contribution in [0.3, 0.4) is 0 Å². The maximum atomic E-state index is 13.1. The molecule has 1 N–H and O–H groups in total. The van der Waals surface area contributed by atoms with Crippen LogP contribution in [0.2, 0.25) is 0 Å². The van der Waals surface area contributed by atoms with Gasteiger partial charge in [0.1, 0.15) is 23.1 Å². The second kappa shape index (κ2) is 8.99. The van der Waals surface area contributed by atoms with Gasteiger partial charge in [-0.1, -0.05) is 30.3 Å². The molecule has 0 aliphatic carbocycles. The minimum absolute atomic E-state index is 0.166. The minimum Gasteiger partial charge on any atom is -0.492 e. The van der Waals surface area contributed by atoms with E-state index in [9.17, 15) is 4.79 Å². The van der Waals surface area contributed by atoms with Gasteiger partial charge in [-0.05, 0) is 45.0 Å². The first-order valence-electron chi connectivity index (χ1n) is 9.33. The number of aromatic nitrogens is 2. The molecule has 0 atom stereocenters. The third kappa shape index (κ3) is 4.46. The van der Waals surface area contributed by atoms with Crippen molar-refractivity contribution in [3.05, 3.63) is 72.2 Å². The van der Waals surface area contributed by atoms with Gasteiger partial charge in [-0.2, -0.15) is 0 Å². The van der Waals surface area contributed by atoms with Gasteiger partial charge >= 0.3 is 0 Å². The summed E-state index contributed by atoms with van der Waals surface area (Å²) in [5.41, 5.74) is 1.97. The lowest BCUT2D eigenvalue weighted by Gasteiger charge is -2.21. The van der Waals surface area contributed by atoms with Gasteiger partial charge in [-0.3, -0.25) is 4.79 Å². The van der Waals surface area contributed by atoms with Crippen LogP contribution < -0.4 is 15.0 Å². The summed E-state index contributed by atoms with van der Waals surface area (Å²) in [7, 11) is 0. The lowest BCUT2D eigenvalue weighted by atomic mass is 10.2. The molecule has 0 aliphatic rings. The zero-order valence-corrected chi connectivity index (χ0v) is 16.3. The maximum Gasteiger partial charge on any atom is 0.277 e. The number of carbonyl (C=O) groups excluding carboxylic acids is 1. The number of anilines is 3. The normalized spacial score (nSPS) is 10.4. The molecule has 0 bridgehead atoms. The van der Waals surface area contributed by atoms with E-state index in [1.807, 2.05) is 68.4 Å². The number of hydrogen-bond donors (Lipinski definition) is 1. The Morgan fingerprint density at radius 3 is 2.46 bits per heavy atom. The molecule has 3 aromatic rings. The maximum absolute atomic E-state index is 13.1. The van der Waals surface area contributed by atoms with Crippen LogP contribution in [0.15, 0.2) is 60.7 Å². The molecule has 144 valence electrons. The van der Waals surface area contributed by atoms with E-state index < -0.39 is 0 Å². The number of ether oxygens (including phenoxy) is 1. The number of amides is 1. The van der Waals surface area contributed by atoms with Crippen molar-refractivity contribution in [3.8, 4) is 5.75 Å². The summed E-state index contributed by atoms with van der Waals surface area (Å²) in [6, 6.07) is 18.9. The Morgan fingerprint density at radius 2 is 1.75 bits per heavy atom. The zero-order chi connectivity index (χ0) is 19.9. The van der Waals surface area contributed by atoms with E-state index in [1.165, 1.54) is 0 Å². The van der Waals surface area contributed by atoms with Crippen LogP contribution in [0, 0.1) is 6.92 Å². The lowest BCUT2D eigenvalue weighted by molar-refractivity contribution is 0.0983. The summed E-state index contributed by atoms with van der Waals surface area (Å²) >= 11 is 0. The molecule has 1 heterocycles. The van der Waals surface area contributed by atoms with Gasteiger partial charge in [0.2, 0.25) is 0 Å². The Labute approximate surface area is 165 Å². The molecule has 1 aromatic heterocycles. The molecule has 1 amide bonds. The predicted molar refractivity (Wildman–Crippen MR) is 111 cm³/mol. The second-order valence-electron chi connectivity index (χ2n) is 6.12. The molecule has 0 saturated heterocycles. The molecule has 6 heteroatoms. The largest absolute Gasteiger partial charge is 0.492 e. The summed E-state index contributed by atoms with van der Waals surface area (Å²) in [6.45, 7) is 6.76. The smallest absolute Gasteiger partial charge is 0.277 e. The fraction of sp³-hybridized carbons (Fsp3) is 0.227. The fourth-order valence-corrected chi connectivity index (χ4v) is 2.92. The number of aryl methyl sites for hydroxylation is 1. The van der Waals surface area contributed by atoms with Gasteiger partial charge in [0.05, 0.1) is 12.3 Å². The molecule has 0 spiro atoms. The van der Waals surface area contributed by atoms with Crippen molar-refractivity contribution in [1.29, 1.82) is 0 Å². The summed E-state index contributed by atoms with van der Waals surface area (Å²) in [5.74, 6) is 1.63. The first-order valence-corrected chi connectivity index (χ1v) is 9.33. The highest BCUT2D eigenvalue weighted by Gasteiger charge is 2.19. The molecule has 0 fully saturated rings. The van der Waals surface area contributed by atoms with E-state index in [0.29, 0.717) is 30.5 Å². The molecule has 2 aromatic carbocycles. The number of carbonyl (C=O) groups is 1. The van der Waals surface area contributed by atoms with E-state index in [-0.39, 0.29) is 5.91 Å². The van der Waals surface area contributed by atoms with E-state index in [4.69, 9.17) is 4.74 Å². The Balaban J connectivity index is 1.90. The van der Waals surface area contributed by atoms with Crippen LogP contribution >= 0.6 is 0 Å². The molecule has 0 unspecified atom stereocenters. The van der Waals surface area contributed by atoms with E-state index in [1.54, 1.807) is 17.9 Å². The summed E-state index contributed by atoms with van der Waals surface area (Å²) in [5, 5.41) is 3.24. The quantitative estimate of drug-likeness (QED) is 0.653. The van der Waals surface area contributed by atoms with E-state index in [2.05, 4.69) is 15.3 Å². The number of benzene rings is 2. The van der Waals surface area contributed by atoms with Crippen molar-refractivity contribution < 1.29 is 9.53 Å². The van der Waals surface area contributed by atoms with Gasteiger partial charge < -0.3 is 15.0 Å². The molecular formula is C22H24N4O2. The SMILES string of the molecule is CCOc1ccccc1Nc1cc(C(=O)N(CC)c2ccccc2)nc(C)n1. The second-order valence-corrected chi connectivity index (χ2v) is 6.12. The topological polar surface area (TPSA) is 67.3 Å². The Kier molecular flexibility index (Phi) is 6.22. The van der Waals surface area contributed by atoms with Crippen molar-refractivity contribution in [2.75, 3.05) is 23.4 Å². The first kappa shape index (κ1) is 19.4. The lowest BCUT2D eigenvalue weighted by Crippen LogP contribution is -2.31. The van der Waals surface area contributed by atoms with E-state index in [0.717, 1.165) is 17.1 Å². The Bertz CT molecular complexity index is 944. The van der Waals surface area contributed by atoms with Gasteiger partial charge in [0.15, 0.2) is 0 Å². The van der Waals surface area contributed by atoms with Crippen LogP contribution in [-0.2, 0) is 0 Å². The minimum atomic E-state index is -0.166. The Hall–Kier alpha value is -3.41. The van der Waals surface area contributed by atoms with Crippen molar-refractivity contribution in [1.82, 2.24) is 9.97 Å². The molecule has 6 nitrogen and oxygen atoms in total. The average Bonchev–Trinajstić information content (AvgIpc) is 2.70. The van der Waals surface area contributed by atoms with Gasteiger partial charge in [-0.25, -0.2) is 9.97 Å². The molecule has 28 heavy (non-hydrogen) atoms. The van der Waals surface area contributed by atoms with Crippen LogP contribution in [0.25, 0.3) is 0 Å². The predicted octanol–water partition coefficient (Wildman–Crippen LogP) is 4.59. The molecular weight excluding hydrogens is 352 g/mol. The number of rotatable bonds is 7. The van der Waals surface area contributed by atoms with Crippen molar-refractivity contribution in [2.45, 2.75) is 20.8 Å². The van der Waals surface area contributed by atoms with Gasteiger partial charge in [0, 0.05) is 18.3 Å². The molecule has 0 aliphatic heterocycles. The highest BCUT2D eigenvalue weighted by molar-refractivity contribution is 6.05.